The molecule has 0 bridgehead atoms. The van der Waals surface area contributed by atoms with Gasteiger partial charge in [0.05, 0.1) is 12.8 Å². The zero-order valence-corrected chi connectivity index (χ0v) is 15.1. The first-order chi connectivity index (χ1) is 12.4. The van der Waals surface area contributed by atoms with E-state index in [0.29, 0.717) is 22.7 Å². The molecule has 0 aromatic heterocycles. The Hall–Kier alpha value is -3.15. The summed E-state index contributed by atoms with van der Waals surface area (Å²) in [7, 11) is 1.54. The number of nitrogens with one attached hydrogen (secondary N) is 1. The quantitative estimate of drug-likeness (QED) is 0.774. The predicted molar refractivity (Wildman–Crippen MR) is 101 cm³/mol. The van der Waals surface area contributed by atoms with E-state index in [-0.39, 0.29) is 30.6 Å². The van der Waals surface area contributed by atoms with E-state index in [9.17, 15) is 14.4 Å². The fourth-order valence-corrected chi connectivity index (χ4v) is 2.53. The Bertz CT molecular complexity index is 800. The third-order valence-electron chi connectivity index (χ3n) is 3.89. The van der Waals surface area contributed by atoms with Gasteiger partial charge in [-0.05, 0) is 43.3 Å². The van der Waals surface area contributed by atoms with Crippen LogP contribution in [0, 0.1) is 0 Å². The van der Waals surface area contributed by atoms with Crippen LogP contribution in [0.2, 0.25) is 0 Å². The first kappa shape index (κ1) is 19.2. The zero-order chi connectivity index (χ0) is 19.1. The number of carbonyl (C=O) groups excluding carboxylic acids is 3. The molecule has 0 spiro atoms. The number of ether oxygens (including phenoxy) is 1. The summed E-state index contributed by atoms with van der Waals surface area (Å²) in [4.78, 5) is 37.0. The lowest BCUT2D eigenvalue weighted by Gasteiger charge is -2.23. The van der Waals surface area contributed by atoms with E-state index in [2.05, 4.69) is 5.32 Å². The van der Waals surface area contributed by atoms with Crippen LogP contribution in [0.25, 0.3) is 0 Å². The monoisotopic (exact) mass is 354 g/mol. The van der Waals surface area contributed by atoms with Gasteiger partial charge in [0.2, 0.25) is 11.8 Å². The van der Waals surface area contributed by atoms with Gasteiger partial charge < -0.3 is 15.0 Å². The van der Waals surface area contributed by atoms with Gasteiger partial charge in [0.15, 0.2) is 5.78 Å². The average Bonchev–Trinajstić information content (AvgIpc) is 2.62. The number of ketones is 1. The Morgan fingerprint density at radius 3 is 2.23 bits per heavy atom. The molecule has 2 rings (SSSR count). The van der Waals surface area contributed by atoms with E-state index in [0.717, 1.165) is 0 Å². The number of benzene rings is 2. The molecule has 0 radical (unpaired) electrons. The smallest absolute Gasteiger partial charge is 0.226 e. The highest BCUT2D eigenvalue weighted by atomic mass is 16.5. The van der Waals surface area contributed by atoms with Gasteiger partial charge in [0, 0.05) is 31.1 Å². The maximum absolute atomic E-state index is 12.2. The second-order valence-corrected chi connectivity index (χ2v) is 5.77. The summed E-state index contributed by atoms with van der Waals surface area (Å²) in [6.45, 7) is 3.17. The minimum absolute atomic E-state index is 0.0308. The first-order valence-corrected chi connectivity index (χ1v) is 8.24. The summed E-state index contributed by atoms with van der Waals surface area (Å²) < 4.78 is 5.29. The topological polar surface area (TPSA) is 75.7 Å². The minimum atomic E-state index is -0.221. The molecule has 1 N–H and O–H groups in total. The van der Waals surface area contributed by atoms with E-state index in [1.165, 1.54) is 25.9 Å². The third kappa shape index (κ3) is 4.92. The molecular formula is C20H22N2O4. The fourth-order valence-electron chi connectivity index (χ4n) is 2.53. The van der Waals surface area contributed by atoms with Crippen molar-refractivity contribution < 1.29 is 19.1 Å². The zero-order valence-electron chi connectivity index (χ0n) is 15.1. The summed E-state index contributed by atoms with van der Waals surface area (Å²) in [5, 5.41) is 2.76. The number of rotatable bonds is 7. The standard InChI is InChI=1S/C20H22N2O4/c1-14(23)16-8-10-17(11-9-16)21-20(25)12-13-22(15(2)24)18-6-4-5-7-19(18)26-3/h4-11H,12-13H2,1-3H3,(H,21,25). The minimum Gasteiger partial charge on any atom is -0.495 e. The van der Waals surface area contributed by atoms with E-state index in [1.807, 2.05) is 12.1 Å². The van der Waals surface area contributed by atoms with E-state index in [1.54, 1.807) is 36.4 Å². The van der Waals surface area contributed by atoms with Crippen molar-refractivity contribution in [3.63, 3.8) is 0 Å². The average molecular weight is 354 g/mol. The molecule has 0 aliphatic carbocycles. The maximum Gasteiger partial charge on any atom is 0.226 e. The Morgan fingerprint density at radius 1 is 1.00 bits per heavy atom. The number of hydrogen-bond donors (Lipinski definition) is 1. The van der Waals surface area contributed by atoms with Gasteiger partial charge in [-0.3, -0.25) is 14.4 Å². The number of anilines is 2. The van der Waals surface area contributed by atoms with Gasteiger partial charge in [0.25, 0.3) is 0 Å². The molecule has 0 saturated heterocycles. The first-order valence-electron chi connectivity index (χ1n) is 8.24. The van der Waals surface area contributed by atoms with Gasteiger partial charge in [-0.25, -0.2) is 0 Å². The second-order valence-electron chi connectivity index (χ2n) is 5.77. The Kier molecular flexibility index (Phi) is 6.49. The Morgan fingerprint density at radius 2 is 1.65 bits per heavy atom. The molecule has 0 aliphatic rings. The van der Waals surface area contributed by atoms with Crippen molar-refractivity contribution in [1.82, 2.24) is 0 Å². The summed E-state index contributed by atoms with van der Waals surface area (Å²) in [6.07, 6.45) is 0.131. The van der Waals surface area contributed by atoms with Crippen LogP contribution >= 0.6 is 0 Å². The van der Waals surface area contributed by atoms with Gasteiger partial charge in [-0.15, -0.1) is 0 Å². The molecule has 0 saturated carbocycles. The lowest BCUT2D eigenvalue weighted by Crippen LogP contribution is -2.32. The molecule has 2 aromatic rings. The van der Waals surface area contributed by atoms with Crippen LogP contribution in [0.3, 0.4) is 0 Å². The molecule has 136 valence electrons. The van der Waals surface area contributed by atoms with Gasteiger partial charge in [-0.2, -0.15) is 0 Å². The summed E-state index contributed by atoms with van der Waals surface area (Å²) in [5.41, 5.74) is 1.81. The Balaban J connectivity index is 2.01. The van der Waals surface area contributed by atoms with Crippen molar-refractivity contribution in [2.24, 2.45) is 0 Å². The van der Waals surface area contributed by atoms with Crippen molar-refractivity contribution in [3.8, 4) is 5.75 Å². The van der Waals surface area contributed by atoms with E-state index >= 15 is 0 Å². The summed E-state index contributed by atoms with van der Waals surface area (Å²) in [6, 6.07) is 13.8. The number of hydrogen-bond acceptors (Lipinski definition) is 4. The van der Waals surface area contributed by atoms with Gasteiger partial charge in [0.1, 0.15) is 5.75 Å². The van der Waals surface area contributed by atoms with Crippen LogP contribution in [0.1, 0.15) is 30.6 Å². The summed E-state index contributed by atoms with van der Waals surface area (Å²) in [5.74, 6) is 0.148. The van der Waals surface area contributed by atoms with Crippen molar-refractivity contribution in [1.29, 1.82) is 0 Å². The largest absolute Gasteiger partial charge is 0.495 e. The molecule has 0 fully saturated rings. The van der Waals surface area contributed by atoms with Crippen molar-refractivity contribution >= 4 is 29.0 Å². The maximum atomic E-state index is 12.2. The number of Topliss-reactive ketones (excluding diaryl/α,β-unsaturated/α-hetero) is 1. The number of carbonyl (C=O) groups is 3. The molecule has 2 amide bonds. The van der Waals surface area contributed by atoms with Crippen LogP contribution < -0.4 is 15.0 Å². The summed E-state index contributed by atoms with van der Waals surface area (Å²) >= 11 is 0. The molecule has 26 heavy (non-hydrogen) atoms. The SMILES string of the molecule is COc1ccccc1N(CCC(=O)Nc1ccc(C(C)=O)cc1)C(C)=O. The molecule has 6 heteroatoms. The van der Waals surface area contributed by atoms with Crippen molar-refractivity contribution in [3.05, 3.63) is 54.1 Å². The highest BCUT2D eigenvalue weighted by molar-refractivity contribution is 5.97. The normalized spacial score (nSPS) is 10.1. The number of nitrogens with zero attached hydrogens (tertiary/aromatic N) is 1. The Labute approximate surface area is 152 Å². The van der Waals surface area contributed by atoms with E-state index < -0.39 is 0 Å². The van der Waals surface area contributed by atoms with Crippen LogP contribution in [0.5, 0.6) is 5.75 Å². The third-order valence-corrected chi connectivity index (χ3v) is 3.89. The lowest BCUT2D eigenvalue weighted by atomic mass is 10.1. The molecule has 6 nitrogen and oxygen atoms in total. The second kappa shape index (κ2) is 8.80. The fraction of sp³-hybridized carbons (Fsp3) is 0.250. The van der Waals surface area contributed by atoms with Crippen LogP contribution in [-0.4, -0.2) is 31.3 Å². The highest BCUT2D eigenvalue weighted by Gasteiger charge is 2.17. The molecule has 0 atom stereocenters. The molecule has 0 unspecified atom stereocenters. The number of amides is 2. The number of para-hydroxylation sites is 2. The molecule has 2 aromatic carbocycles. The van der Waals surface area contributed by atoms with Gasteiger partial charge in [-0.1, -0.05) is 12.1 Å². The van der Waals surface area contributed by atoms with Gasteiger partial charge >= 0.3 is 0 Å². The van der Waals surface area contributed by atoms with Crippen molar-refractivity contribution in [2.75, 3.05) is 23.9 Å². The molecule has 0 aliphatic heterocycles. The van der Waals surface area contributed by atoms with Crippen LogP contribution in [0.4, 0.5) is 11.4 Å². The number of methoxy groups -OCH3 is 1. The van der Waals surface area contributed by atoms with E-state index in [4.69, 9.17) is 4.74 Å². The highest BCUT2D eigenvalue weighted by Crippen LogP contribution is 2.27. The predicted octanol–water partition coefficient (Wildman–Crippen LogP) is 3.28. The lowest BCUT2D eigenvalue weighted by molar-refractivity contribution is -0.117. The van der Waals surface area contributed by atoms with Crippen LogP contribution in [-0.2, 0) is 9.59 Å². The molecular weight excluding hydrogens is 332 g/mol. The van der Waals surface area contributed by atoms with Crippen molar-refractivity contribution in [2.45, 2.75) is 20.3 Å². The van der Waals surface area contributed by atoms with Crippen LogP contribution in [0.15, 0.2) is 48.5 Å². The molecule has 0 heterocycles.